The average molecular weight is 250 g/mol. The molecule has 96 valence electrons. The molecule has 0 aliphatic rings. The maximum atomic E-state index is 11.5. The Labute approximate surface area is 104 Å². The van der Waals surface area contributed by atoms with Crippen LogP contribution in [-0.2, 0) is 0 Å². The van der Waals surface area contributed by atoms with E-state index in [1.165, 1.54) is 7.11 Å². The molecule has 1 aromatic carbocycles. The Morgan fingerprint density at radius 1 is 1.33 bits per heavy atom. The first-order valence-electron chi connectivity index (χ1n) is 5.53. The summed E-state index contributed by atoms with van der Waals surface area (Å²) in [5.41, 5.74) is -0.515. The van der Waals surface area contributed by atoms with E-state index in [0.717, 1.165) is 0 Å². The van der Waals surface area contributed by atoms with Crippen molar-refractivity contribution < 1.29 is 19.0 Å². The molecule has 0 bridgehead atoms. The van der Waals surface area contributed by atoms with Crippen LogP contribution in [0.2, 0.25) is 0 Å². The molecule has 0 spiro atoms. The normalized spacial score (nSPS) is 10.9. The van der Waals surface area contributed by atoms with E-state index in [2.05, 4.69) is 0 Å². The van der Waals surface area contributed by atoms with Crippen LogP contribution in [0.4, 0.5) is 0 Å². The molecule has 5 nitrogen and oxygen atoms in total. The van der Waals surface area contributed by atoms with Gasteiger partial charge in [-0.25, -0.2) is 4.79 Å². The van der Waals surface area contributed by atoms with Crippen molar-refractivity contribution in [3.63, 3.8) is 0 Å². The number of hydrogen-bond donors (Lipinski definition) is 1. The Kier molecular flexibility index (Phi) is 3.14. The minimum absolute atomic E-state index is 0.138. The van der Waals surface area contributed by atoms with E-state index in [9.17, 15) is 9.90 Å². The number of fused-ring (bicyclic) bond motifs is 1. The lowest BCUT2D eigenvalue weighted by Crippen LogP contribution is -2.09. The minimum Gasteiger partial charge on any atom is -0.499 e. The van der Waals surface area contributed by atoms with Crippen molar-refractivity contribution in [2.75, 3.05) is 7.11 Å². The third-order valence-corrected chi connectivity index (χ3v) is 2.40. The topological polar surface area (TPSA) is 68.9 Å². The zero-order valence-corrected chi connectivity index (χ0v) is 10.4. The standard InChI is InChI=1S/C13H14O5/c1-7(2)17-12-9-5-4-8(16-3)6-10(9)18-13(15)11(12)14/h4-7,14H,1-3H3. The van der Waals surface area contributed by atoms with Gasteiger partial charge >= 0.3 is 5.63 Å². The molecule has 0 saturated heterocycles. The molecular weight excluding hydrogens is 236 g/mol. The second-order valence-corrected chi connectivity index (χ2v) is 4.10. The quantitative estimate of drug-likeness (QED) is 0.846. The molecule has 0 saturated carbocycles. The summed E-state index contributed by atoms with van der Waals surface area (Å²) in [7, 11) is 1.52. The summed E-state index contributed by atoms with van der Waals surface area (Å²) < 4.78 is 15.5. The largest absolute Gasteiger partial charge is 0.499 e. The van der Waals surface area contributed by atoms with Crippen molar-refractivity contribution in [1.82, 2.24) is 0 Å². The van der Waals surface area contributed by atoms with Gasteiger partial charge in [0.1, 0.15) is 11.3 Å². The van der Waals surface area contributed by atoms with Crippen molar-refractivity contribution in [2.24, 2.45) is 0 Å². The monoisotopic (exact) mass is 250 g/mol. The molecule has 0 amide bonds. The fourth-order valence-corrected chi connectivity index (χ4v) is 1.63. The first-order chi connectivity index (χ1) is 8.52. The van der Waals surface area contributed by atoms with Gasteiger partial charge in [0, 0.05) is 6.07 Å². The minimum atomic E-state index is -0.827. The average Bonchev–Trinajstić information content (AvgIpc) is 2.33. The molecule has 1 heterocycles. The second kappa shape index (κ2) is 4.60. The van der Waals surface area contributed by atoms with Gasteiger partial charge in [0.25, 0.3) is 0 Å². The number of hydrogen-bond acceptors (Lipinski definition) is 5. The Bertz CT molecular complexity index is 627. The Hall–Kier alpha value is -2.17. The number of rotatable bonds is 3. The van der Waals surface area contributed by atoms with Crippen LogP contribution in [0.1, 0.15) is 13.8 Å². The maximum absolute atomic E-state index is 11.5. The van der Waals surface area contributed by atoms with Crippen LogP contribution < -0.4 is 15.1 Å². The van der Waals surface area contributed by atoms with Crippen LogP contribution >= 0.6 is 0 Å². The summed E-state index contributed by atoms with van der Waals surface area (Å²) in [6.45, 7) is 3.62. The molecular formula is C13H14O5. The summed E-state index contributed by atoms with van der Waals surface area (Å²) >= 11 is 0. The fraction of sp³-hybridized carbons (Fsp3) is 0.308. The molecule has 2 aromatic rings. The molecule has 0 atom stereocenters. The highest BCUT2D eigenvalue weighted by atomic mass is 16.5. The van der Waals surface area contributed by atoms with Gasteiger partial charge in [0.05, 0.1) is 18.6 Å². The van der Waals surface area contributed by atoms with Crippen LogP contribution in [0.5, 0.6) is 17.2 Å². The van der Waals surface area contributed by atoms with E-state index >= 15 is 0 Å². The predicted molar refractivity (Wildman–Crippen MR) is 66.5 cm³/mol. The highest BCUT2D eigenvalue weighted by Crippen LogP contribution is 2.34. The van der Waals surface area contributed by atoms with Crippen LogP contribution in [0.25, 0.3) is 11.0 Å². The first kappa shape index (κ1) is 12.3. The first-order valence-corrected chi connectivity index (χ1v) is 5.53. The number of methoxy groups -OCH3 is 1. The summed E-state index contributed by atoms with van der Waals surface area (Å²) in [6, 6.07) is 4.95. The molecule has 0 unspecified atom stereocenters. The third kappa shape index (κ3) is 2.11. The highest BCUT2D eigenvalue weighted by molar-refractivity contribution is 5.86. The summed E-state index contributed by atoms with van der Waals surface area (Å²) in [5, 5.41) is 10.2. The highest BCUT2D eigenvalue weighted by Gasteiger charge is 2.16. The van der Waals surface area contributed by atoms with E-state index in [4.69, 9.17) is 13.9 Å². The summed E-state index contributed by atoms with van der Waals surface area (Å²) in [6.07, 6.45) is -0.164. The zero-order chi connectivity index (χ0) is 13.3. The van der Waals surface area contributed by atoms with Crippen molar-refractivity contribution in [2.45, 2.75) is 20.0 Å². The van der Waals surface area contributed by atoms with E-state index in [1.54, 1.807) is 18.2 Å². The van der Waals surface area contributed by atoms with Crippen molar-refractivity contribution in [3.8, 4) is 17.2 Å². The molecule has 5 heteroatoms. The Balaban J connectivity index is 2.73. The maximum Gasteiger partial charge on any atom is 0.382 e. The van der Waals surface area contributed by atoms with Gasteiger partial charge in [-0.05, 0) is 26.0 Å². The molecule has 2 rings (SSSR count). The number of aromatic hydroxyl groups is 1. The van der Waals surface area contributed by atoms with Gasteiger partial charge in [-0.2, -0.15) is 0 Å². The molecule has 0 radical (unpaired) electrons. The van der Waals surface area contributed by atoms with Crippen molar-refractivity contribution >= 4 is 11.0 Å². The van der Waals surface area contributed by atoms with Crippen molar-refractivity contribution in [1.29, 1.82) is 0 Å². The van der Waals surface area contributed by atoms with Crippen LogP contribution in [0.3, 0.4) is 0 Å². The SMILES string of the molecule is COc1ccc2c(OC(C)C)c(O)c(=O)oc2c1. The van der Waals surface area contributed by atoms with E-state index in [-0.39, 0.29) is 11.9 Å². The fourth-order valence-electron chi connectivity index (χ4n) is 1.63. The molecule has 18 heavy (non-hydrogen) atoms. The number of benzene rings is 1. The van der Waals surface area contributed by atoms with Gasteiger partial charge in [0.15, 0.2) is 5.75 Å². The second-order valence-electron chi connectivity index (χ2n) is 4.10. The van der Waals surface area contributed by atoms with E-state index in [1.807, 2.05) is 13.8 Å². The predicted octanol–water partition coefficient (Wildman–Crippen LogP) is 2.29. The van der Waals surface area contributed by atoms with Crippen LogP contribution in [-0.4, -0.2) is 18.3 Å². The lowest BCUT2D eigenvalue weighted by Gasteiger charge is -2.13. The van der Waals surface area contributed by atoms with E-state index < -0.39 is 11.4 Å². The lowest BCUT2D eigenvalue weighted by atomic mass is 10.2. The van der Waals surface area contributed by atoms with Gasteiger partial charge in [-0.1, -0.05) is 0 Å². The number of ether oxygens (including phenoxy) is 2. The van der Waals surface area contributed by atoms with Gasteiger partial charge in [-0.3, -0.25) is 0 Å². The zero-order valence-electron chi connectivity index (χ0n) is 10.4. The van der Waals surface area contributed by atoms with Crippen LogP contribution in [0.15, 0.2) is 27.4 Å². The molecule has 0 fully saturated rings. The molecule has 1 N–H and O–H groups in total. The Morgan fingerprint density at radius 3 is 2.67 bits per heavy atom. The summed E-state index contributed by atoms with van der Waals surface area (Å²) in [4.78, 5) is 11.5. The lowest BCUT2D eigenvalue weighted by molar-refractivity contribution is 0.231. The van der Waals surface area contributed by atoms with Crippen LogP contribution in [0, 0.1) is 0 Å². The van der Waals surface area contributed by atoms with Crippen molar-refractivity contribution in [3.05, 3.63) is 28.6 Å². The summed E-state index contributed by atoms with van der Waals surface area (Å²) in [5.74, 6) is 0.187. The van der Waals surface area contributed by atoms with Gasteiger partial charge < -0.3 is 19.0 Å². The smallest absolute Gasteiger partial charge is 0.382 e. The third-order valence-electron chi connectivity index (χ3n) is 2.40. The van der Waals surface area contributed by atoms with Gasteiger partial charge in [-0.15, -0.1) is 0 Å². The van der Waals surface area contributed by atoms with Gasteiger partial charge in [0.2, 0.25) is 5.75 Å². The molecule has 1 aromatic heterocycles. The molecule has 0 aliphatic carbocycles. The van der Waals surface area contributed by atoms with E-state index in [0.29, 0.717) is 16.7 Å². The Morgan fingerprint density at radius 2 is 2.06 bits per heavy atom. The molecule has 0 aliphatic heterocycles.